The molecule has 4 nitrogen and oxygen atoms in total. The number of hydrogen-bond donors (Lipinski definition) is 1. The molecule has 1 aromatic heterocycles. The van der Waals surface area contributed by atoms with Gasteiger partial charge in [-0.15, -0.1) is 11.3 Å². The normalized spacial score (nSPS) is 16.0. The number of anilines is 1. The van der Waals surface area contributed by atoms with Gasteiger partial charge >= 0.3 is 0 Å². The van der Waals surface area contributed by atoms with Crippen LogP contribution in [0.25, 0.3) is 0 Å². The summed E-state index contributed by atoms with van der Waals surface area (Å²) in [5.41, 5.74) is 1.31. The molecule has 0 radical (unpaired) electrons. The van der Waals surface area contributed by atoms with Gasteiger partial charge in [0, 0.05) is 16.9 Å². The summed E-state index contributed by atoms with van der Waals surface area (Å²) in [5, 5.41) is 6.35. The Kier molecular flexibility index (Phi) is 5.77. The summed E-state index contributed by atoms with van der Waals surface area (Å²) in [6.45, 7) is 6.97. The molecule has 0 bridgehead atoms. The second kappa shape index (κ2) is 7.85. The average molecular weight is 378 g/mol. The van der Waals surface area contributed by atoms with Gasteiger partial charge in [-0.25, -0.2) is 4.98 Å². The first kappa shape index (κ1) is 18.4. The fourth-order valence-corrected chi connectivity index (χ4v) is 3.86. The van der Waals surface area contributed by atoms with Crippen LogP contribution in [-0.4, -0.2) is 28.9 Å². The Morgan fingerprint density at radius 3 is 2.60 bits per heavy atom. The molecule has 0 unspecified atom stereocenters. The van der Waals surface area contributed by atoms with Gasteiger partial charge in [0.2, 0.25) is 5.91 Å². The van der Waals surface area contributed by atoms with Crippen molar-refractivity contribution in [1.29, 1.82) is 0 Å². The van der Waals surface area contributed by atoms with Crippen LogP contribution < -0.4 is 5.32 Å². The van der Waals surface area contributed by atoms with Crippen molar-refractivity contribution in [2.24, 2.45) is 0 Å². The number of nitrogens with zero attached hydrogens (tertiary/aromatic N) is 2. The molecule has 0 aliphatic carbocycles. The van der Waals surface area contributed by atoms with Crippen LogP contribution in [0.1, 0.15) is 44.4 Å². The predicted molar refractivity (Wildman–Crippen MR) is 104 cm³/mol. The molecule has 0 saturated carbocycles. The van der Waals surface area contributed by atoms with Crippen LogP contribution in [0.15, 0.2) is 29.6 Å². The molecule has 1 fully saturated rings. The summed E-state index contributed by atoms with van der Waals surface area (Å²) in [6, 6.07) is 7.41. The zero-order chi connectivity index (χ0) is 17.9. The third kappa shape index (κ3) is 4.60. The summed E-state index contributed by atoms with van der Waals surface area (Å²) in [6.07, 6.45) is 3.86. The average Bonchev–Trinajstić information content (AvgIpc) is 3.03. The van der Waals surface area contributed by atoms with Gasteiger partial charge in [0.1, 0.15) is 0 Å². The molecule has 1 aromatic carbocycles. The van der Waals surface area contributed by atoms with Crippen LogP contribution in [0.3, 0.4) is 0 Å². The Balaban J connectivity index is 1.63. The zero-order valence-corrected chi connectivity index (χ0v) is 16.3. The number of amides is 1. The molecule has 134 valence electrons. The minimum absolute atomic E-state index is 0.0614. The fraction of sp³-hybridized carbons (Fsp3) is 0.474. The minimum Gasteiger partial charge on any atom is -0.301 e. The largest absolute Gasteiger partial charge is 0.301 e. The Labute approximate surface area is 158 Å². The molecule has 2 heterocycles. The van der Waals surface area contributed by atoms with Crippen LogP contribution in [0.5, 0.6) is 0 Å². The molecule has 1 aliphatic rings. The first-order chi connectivity index (χ1) is 11.9. The van der Waals surface area contributed by atoms with Gasteiger partial charge in [0.15, 0.2) is 5.13 Å². The van der Waals surface area contributed by atoms with E-state index in [4.69, 9.17) is 11.6 Å². The van der Waals surface area contributed by atoms with Gasteiger partial charge in [-0.3, -0.25) is 9.69 Å². The quantitative estimate of drug-likeness (QED) is 0.821. The molecular formula is C19H24ClN3OS. The Hall–Kier alpha value is -1.43. The molecule has 1 saturated heterocycles. The Morgan fingerprint density at radius 2 is 1.92 bits per heavy atom. The molecule has 0 spiro atoms. The summed E-state index contributed by atoms with van der Waals surface area (Å²) >= 11 is 7.43. The van der Waals surface area contributed by atoms with Gasteiger partial charge in [-0.2, -0.15) is 0 Å². The SMILES string of the molecule is CC(C)(C(=O)Nc1nc(CN2CCCCC2)cs1)c1ccc(Cl)cc1. The van der Waals surface area contributed by atoms with Gasteiger partial charge in [-0.05, 0) is 57.5 Å². The molecule has 1 aliphatic heterocycles. The first-order valence-electron chi connectivity index (χ1n) is 8.69. The Morgan fingerprint density at radius 1 is 1.24 bits per heavy atom. The van der Waals surface area contributed by atoms with Crippen LogP contribution >= 0.6 is 22.9 Å². The van der Waals surface area contributed by atoms with E-state index in [2.05, 4.69) is 15.2 Å². The van der Waals surface area contributed by atoms with E-state index < -0.39 is 5.41 Å². The lowest BCUT2D eigenvalue weighted by atomic mass is 9.84. The number of benzene rings is 1. The highest BCUT2D eigenvalue weighted by Gasteiger charge is 2.30. The second-order valence-electron chi connectivity index (χ2n) is 7.07. The van der Waals surface area contributed by atoms with Crippen LogP contribution in [0.2, 0.25) is 5.02 Å². The molecule has 6 heteroatoms. The molecule has 25 heavy (non-hydrogen) atoms. The maximum atomic E-state index is 12.7. The van der Waals surface area contributed by atoms with Gasteiger partial charge in [0.25, 0.3) is 0 Å². The zero-order valence-electron chi connectivity index (χ0n) is 14.7. The van der Waals surface area contributed by atoms with E-state index in [0.717, 1.165) is 30.9 Å². The maximum Gasteiger partial charge on any atom is 0.236 e. The van der Waals surface area contributed by atoms with E-state index in [0.29, 0.717) is 10.2 Å². The van der Waals surface area contributed by atoms with Gasteiger partial charge in [0.05, 0.1) is 11.1 Å². The number of piperidine rings is 1. The molecule has 2 aromatic rings. The topological polar surface area (TPSA) is 45.2 Å². The van der Waals surface area contributed by atoms with E-state index in [1.165, 1.54) is 30.6 Å². The minimum atomic E-state index is -0.650. The number of likely N-dealkylation sites (tertiary alicyclic amines) is 1. The van der Waals surface area contributed by atoms with E-state index in [-0.39, 0.29) is 5.91 Å². The van der Waals surface area contributed by atoms with Crippen molar-refractivity contribution in [2.75, 3.05) is 18.4 Å². The third-order valence-electron chi connectivity index (χ3n) is 4.74. The summed E-state index contributed by atoms with van der Waals surface area (Å²) in [4.78, 5) is 19.8. The van der Waals surface area contributed by atoms with E-state index in [1.807, 2.05) is 43.5 Å². The number of carbonyl (C=O) groups excluding carboxylic acids is 1. The number of halogens is 1. The van der Waals surface area contributed by atoms with Crippen LogP contribution in [-0.2, 0) is 16.8 Å². The van der Waals surface area contributed by atoms with Crippen LogP contribution in [0, 0.1) is 0 Å². The third-order valence-corrected chi connectivity index (χ3v) is 5.80. The van der Waals surface area contributed by atoms with Crippen molar-refractivity contribution in [3.05, 3.63) is 45.9 Å². The molecule has 3 rings (SSSR count). The lowest BCUT2D eigenvalue weighted by molar-refractivity contribution is -0.120. The molecular weight excluding hydrogens is 354 g/mol. The molecule has 1 N–H and O–H groups in total. The highest BCUT2D eigenvalue weighted by atomic mass is 35.5. The van der Waals surface area contributed by atoms with Crippen molar-refractivity contribution < 1.29 is 4.79 Å². The lowest BCUT2D eigenvalue weighted by Crippen LogP contribution is -2.34. The van der Waals surface area contributed by atoms with Crippen molar-refractivity contribution in [3.63, 3.8) is 0 Å². The summed E-state index contributed by atoms with van der Waals surface area (Å²) in [7, 11) is 0. The van der Waals surface area contributed by atoms with Gasteiger partial charge in [-0.1, -0.05) is 30.2 Å². The number of thiazole rings is 1. The second-order valence-corrected chi connectivity index (χ2v) is 8.36. The number of hydrogen-bond acceptors (Lipinski definition) is 4. The van der Waals surface area contributed by atoms with Crippen molar-refractivity contribution in [1.82, 2.24) is 9.88 Å². The van der Waals surface area contributed by atoms with E-state index in [1.54, 1.807) is 0 Å². The predicted octanol–water partition coefficient (Wildman–Crippen LogP) is 4.70. The van der Waals surface area contributed by atoms with Crippen LogP contribution in [0.4, 0.5) is 5.13 Å². The first-order valence-corrected chi connectivity index (χ1v) is 9.95. The summed E-state index contributed by atoms with van der Waals surface area (Å²) in [5.74, 6) is -0.0614. The number of nitrogens with one attached hydrogen (secondary N) is 1. The molecule has 1 amide bonds. The maximum absolute atomic E-state index is 12.7. The number of rotatable bonds is 5. The highest BCUT2D eigenvalue weighted by molar-refractivity contribution is 7.13. The standard InChI is InChI=1S/C19H24ClN3OS/c1-19(2,14-6-8-15(20)9-7-14)17(24)22-18-21-16(13-25-18)12-23-10-4-3-5-11-23/h6-9,13H,3-5,10-12H2,1-2H3,(H,21,22,24). The van der Waals surface area contributed by atoms with Gasteiger partial charge < -0.3 is 5.32 Å². The Bertz CT molecular complexity index is 721. The number of aromatic nitrogens is 1. The van der Waals surface area contributed by atoms with E-state index >= 15 is 0 Å². The highest BCUT2D eigenvalue weighted by Crippen LogP contribution is 2.27. The van der Waals surface area contributed by atoms with Crippen molar-refractivity contribution in [3.8, 4) is 0 Å². The smallest absolute Gasteiger partial charge is 0.236 e. The molecule has 0 atom stereocenters. The number of carbonyl (C=O) groups is 1. The fourth-order valence-electron chi connectivity index (χ4n) is 3.03. The van der Waals surface area contributed by atoms with Crippen molar-refractivity contribution >= 4 is 34.0 Å². The lowest BCUT2D eigenvalue weighted by Gasteiger charge is -2.25. The summed E-state index contributed by atoms with van der Waals surface area (Å²) < 4.78 is 0. The van der Waals surface area contributed by atoms with E-state index in [9.17, 15) is 4.79 Å². The monoisotopic (exact) mass is 377 g/mol. The van der Waals surface area contributed by atoms with Crippen molar-refractivity contribution in [2.45, 2.75) is 45.1 Å².